The van der Waals surface area contributed by atoms with E-state index in [0.29, 0.717) is 12.1 Å². The first-order valence-corrected chi connectivity index (χ1v) is 7.63. The van der Waals surface area contributed by atoms with Gasteiger partial charge in [0.25, 0.3) is 0 Å². The highest BCUT2D eigenvalue weighted by molar-refractivity contribution is 5.81. The Morgan fingerprint density at radius 1 is 1.10 bits per heavy atom. The zero-order valence-electron chi connectivity index (χ0n) is 12.0. The number of fused-ring (bicyclic) bond motifs is 3. The maximum Gasteiger partial charge on any atom is 0.0703 e. The van der Waals surface area contributed by atoms with Crippen molar-refractivity contribution < 1.29 is 0 Å². The van der Waals surface area contributed by atoms with Crippen molar-refractivity contribution in [2.24, 2.45) is 0 Å². The average molecular weight is 267 g/mol. The van der Waals surface area contributed by atoms with Crippen LogP contribution in [0.4, 0.5) is 5.69 Å². The summed E-state index contributed by atoms with van der Waals surface area (Å²) in [6.45, 7) is 2.29. The molecule has 2 bridgehead atoms. The normalized spacial score (nSPS) is 26.9. The third kappa shape index (κ3) is 1.97. The Balaban J connectivity index is 1.66. The fraction of sp³-hybridized carbons (Fsp3) is 0.471. The van der Waals surface area contributed by atoms with E-state index in [1.54, 1.807) is 0 Å². The summed E-state index contributed by atoms with van der Waals surface area (Å²) in [5.41, 5.74) is 2.37. The van der Waals surface area contributed by atoms with Crippen molar-refractivity contribution >= 4 is 16.6 Å². The summed E-state index contributed by atoms with van der Waals surface area (Å²) in [7, 11) is 2.30. The van der Waals surface area contributed by atoms with E-state index in [0.717, 1.165) is 18.6 Å². The van der Waals surface area contributed by atoms with Crippen LogP contribution in [-0.2, 0) is 0 Å². The lowest BCUT2D eigenvalue weighted by molar-refractivity contribution is 0.0950. The van der Waals surface area contributed by atoms with Crippen molar-refractivity contribution in [3.05, 3.63) is 36.5 Å². The molecule has 0 amide bonds. The van der Waals surface area contributed by atoms with Gasteiger partial charge in [0, 0.05) is 30.6 Å². The number of rotatable bonds is 1. The van der Waals surface area contributed by atoms with Gasteiger partial charge in [0.2, 0.25) is 0 Å². The fourth-order valence-corrected chi connectivity index (χ4v) is 3.76. The minimum absolute atomic E-state index is 0.717. The van der Waals surface area contributed by atoms with E-state index in [4.69, 9.17) is 0 Å². The van der Waals surface area contributed by atoms with Crippen LogP contribution in [0.5, 0.6) is 0 Å². The van der Waals surface area contributed by atoms with Crippen molar-refractivity contribution in [1.82, 2.24) is 9.88 Å². The van der Waals surface area contributed by atoms with Crippen LogP contribution in [0.3, 0.4) is 0 Å². The van der Waals surface area contributed by atoms with Crippen molar-refractivity contribution in [2.45, 2.75) is 31.3 Å². The molecule has 0 spiro atoms. The summed E-state index contributed by atoms with van der Waals surface area (Å²) in [5, 5.41) is 1.24. The molecule has 2 atom stereocenters. The van der Waals surface area contributed by atoms with E-state index >= 15 is 0 Å². The molecule has 3 nitrogen and oxygen atoms in total. The molecule has 2 fully saturated rings. The van der Waals surface area contributed by atoms with Gasteiger partial charge in [-0.25, -0.2) is 0 Å². The topological polar surface area (TPSA) is 19.4 Å². The molecular weight excluding hydrogens is 246 g/mol. The molecule has 2 aromatic rings. The molecule has 3 heteroatoms. The van der Waals surface area contributed by atoms with Crippen molar-refractivity contribution in [3.8, 4) is 0 Å². The van der Waals surface area contributed by atoms with E-state index in [1.807, 2.05) is 6.20 Å². The first-order chi connectivity index (χ1) is 9.81. The molecule has 20 heavy (non-hydrogen) atoms. The largest absolute Gasteiger partial charge is 0.367 e. The smallest absolute Gasteiger partial charge is 0.0703 e. The van der Waals surface area contributed by atoms with Crippen molar-refractivity contribution in [2.75, 3.05) is 25.0 Å². The SMILES string of the molecule is CN1C2CCCC1CN(c1cnc3ccccc3c1)C2. The van der Waals surface area contributed by atoms with Crippen LogP contribution in [0.25, 0.3) is 10.9 Å². The highest BCUT2D eigenvalue weighted by atomic mass is 15.3. The fourth-order valence-electron chi connectivity index (χ4n) is 3.76. The molecule has 0 N–H and O–H groups in total. The quantitative estimate of drug-likeness (QED) is 0.792. The maximum absolute atomic E-state index is 4.61. The summed E-state index contributed by atoms with van der Waals surface area (Å²) in [6.07, 6.45) is 6.11. The number of piperazine rings is 1. The van der Waals surface area contributed by atoms with Gasteiger partial charge in [-0.2, -0.15) is 0 Å². The summed E-state index contributed by atoms with van der Waals surface area (Å²) in [5.74, 6) is 0. The van der Waals surface area contributed by atoms with E-state index in [9.17, 15) is 0 Å². The zero-order valence-corrected chi connectivity index (χ0v) is 12.0. The van der Waals surface area contributed by atoms with Crippen LogP contribution in [-0.4, -0.2) is 42.1 Å². The standard InChI is InChI=1S/C17H21N3/c1-19-14-6-4-7-15(19)12-20(11-14)16-9-13-5-2-3-8-17(13)18-10-16/h2-3,5,8-10,14-15H,4,6-7,11-12H2,1H3. The number of anilines is 1. The molecule has 1 aromatic heterocycles. The highest BCUT2D eigenvalue weighted by Crippen LogP contribution is 2.30. The van der Waals surface area contributed by atoms with Gasteiger partial charge in [-0.1, -0.05) is 24.6 Å². The third-order valence-electron chi connectivity index (χ3n) is 5.03. The number of hydrogen-bond acceptors (Lipinski definition) is 3. The van der Waals surface area contributed by atoms with Crippen molar-refractivity contribution in [1.29, 1.82) is 0 Å². The monoisotopic (exact) mass is 267 g/mol. The molecule has 0 aliphatic carbocycles. The predicted molar refractivity (Wildman–Crippen MR) is 83.1 cm³/mol. The molecule has 2 aliphatic heterocycles. The molecule has 104 valence electrons. The summed E-state index contributed by atoms with van der Waals surface area (Å²) in [4.78, 5) is 9.74. The highest BCUT2D eigenvalue weighted by Gasteiger charge is 2.34. The van der Waals surface area contributed by atoms with E-state index < -0.39 is 0 Å². The van der Waals surface area contributed by atoms with Gasteiger partial charge in [0.1, 0.15) is 0 Å². The summed E-state index contributed by atoms with van der Waals surface area (Å²) >= 11 is 0. The summed E-state index contributed by atoms with van der Waals surface area (Å²) < 4.78 is 0. The minimum atomic E-state index is 0.717. The van der Waals surface area contributed by atoms with Crippen LogP contribution in [0.1, 0.15) is 19.3 Å². The number of pyridine rings is 1. The average Bonchev–Trinajstić information content (AvgIpc) is 2.46. The Labute approximate surface area is 120 Å². The second kappa shape index (κ2) is 4.74. The minimum Gasteiger partial charge on any atom is -0.367 e. The van der Waals surface area contributed by atoms with E-state index in [2.05, 4.69) is 52.2 Å². The Morgan fingerprint density at radius 2 is 1.85 bits per heavy atom. The lowest BCUT2D eigenvalue weighted by atomic mass is 9.92. The predicted octanol–water partition coefficient (Wildman–Crippen LogP) is 2.91. The molecule has 1 aromatic carbocycles. The number of aromatic nitrogens is 1. The van der Waals surface area contributed by atoms with Crippen LogP contribution in [0, 0.1) is 0 Å². The van der Waals surface area contributed by atoms with Crippen LogP contribution in [0.15, 0.2) is 36.5 Å². The van der Waals surface area contributed by atoms with Gasteiger partial charge in [0.05, 0.1) is 17.4 Å². The molecule has 3 heterocycles. The Kier molecular flexibility index (Phi) is 2.88. The number of nitrogens with zero attached hydrogens (tertiary/aromatic N) is 3. The lowest BCUT2D eigenvalue weighted by Gasteiger charge is -2.49. The second-order valence-corrected chi connectivity index (χ2v) is 6.20. The van der Waals surface area contributed by atoms with Gasteiger partial charge in [-0.05, 0) is 32.0 Å². The molecule has 2 aliphatic rings. The van der Waals surface area contributed by atoms with Gasteiger partial charge >= 0.3 is 0 Å². The van der Waals surface area contributed by atoms with Gasteiger partial charge in [0.15, 0.2) is 0 Å². The molecular formula is C17H21N3. The molecule has 2 saturated heterocycles. The Bertz CT molecular complexity index is 610. The molecule has 0 radical (unpaired) electrons. The molecule has 2 unspecified atom stereocenters. The van der Waals surface area contributed by atoms with Crippen LogP contribution < -0.4 is 4.90 Å². The maximum atomic E-state index is 4.61. The Morgan fingerprint density at radius 3 is 2.65 bits per heavy atom. The zero-order chi connectivity index (χ0) is 13.5. The lowest BCUT2D eigenvalue weighted by Crippen LogP contribution is -2.59. The second-order valence-electron chi connectivity index (χ2n) is 6.20. The van der Waals surface area contributed by atoms with E-state index in [1.165, 1.54) is 30.3 Å². The molecule has 4 rings (SSSR count). The van der Waals surface area contributed by atoms with Gasteiger partial charge < -0.3 is 4.90 Å². The number of para-hydroxylation sites is 1. The first kappa shape index (κ1) is 12.2. The van der Waals surface area contributed by atoms with Crippen molar-refractivity contribution in [3.63, 3.8) is 0 Å². The number of hydrogen-bond donors (Lipinski definition) is 0. The number of piperidine rings is 1. The van der Waals surface area contributed by atoms with E-state index in [-0.39, 0.29) is 0 Å². The number of likely N-dealkylation sites (N-methyl/N-ethyl adjacent to an activating group) is 1. The first-order valence-electron chi connectivity index (χ1n) is 7.63. The number of benzene rings is 1. The van der Waals surface area contributed by atoms with Gasteiger partial charge in [-0.15, -0.1) is 0 Å². The van der Waals surface area contributed by atoms with Crippen LogP contribution in [0.2, 0.25) is 0 Å². The molecule has 0 saturated carbocycles. The van der Waals surface area contributed by atoms with Gasteiger partial charge in [-0.3, -0.25) is 9.88 Å². The Hall–Kier alpha value is -1.61. The third-order valence-corrected chi connectivity index (χ3v) is 5.03. The summed E-state index contributed by atoms with van der Waals surface area (Å²) in [6, 6.07) is 12.1. The van der Waals surface area contributed by atoms with Crippen LogP contribution >= 0.6 is 0 Å².